The summed E-state index contributed by atoms with van der Waals surface area (Å²) >= 11 is 0. The fraction of sp³-hybridized carbons (Fsp3) is 0.846. The molecule has 0 aliphatic carbocycles. The van der Waals surface area contributed by atoms with E-state index in [9.17, 15) is 0 Å². The van der Waals surface area contributed by atoms with Crippen LogP contribution in [0.4, 0.5) is 0 Å². The number of hydrogen-bond donors (Lipinski definition) is 0. The summed E-state index contributed by atoms with van der Waals surface area (Å²) in [6.07, 6.45) is 4.49. The molecule has 0 aromatic carbocycles. The zero-order chi connectivity index (χ0) is 11.1. The molecule has 1 heteroatoms. The Labute approximate surface area is 89.5 Å². The van der Waals surface area contributed by atoms with Crippen molar-refractivity contribution >= 4 is 0 Å². The minimum atomic E-state index is 0.574. The second kappa shape index (κ2) is 6.92. The second-order valence-corrected chi connectivity index (χ2v) is 4.37. The van der Waals surface area contributed by atoms with Crippen LogP contribution in [0.2, 0.25) is 0 Å². The lowest BCUT2D eigenvalue weighted by Gasteiger charge is -2.28. The molecule has 2 unspecified atom stereocenters. The zero-order valence-corrected chi connectivity index (χ0v) is 10.6. The molecule has 0 radical (unpaired) electrons. The predicted molar refractivity (Wildman–Crippen MR) is 63.2 cm³/mol. The molecule has 0 N–H and O–H groups in total. The maximum Gasteiger partial charge on any atom is 0.0951 e. The highest BCUT2D eigenvalue weighted by Gasteiger charge is 2.24. The van der Waals surface area contributed by atoms with Gasteiger partial charge in [0.1, 0.15) is 0 Å². The summed E-state index contributed by atoms with van der Waals surface area (Å²) in [5.41, 5.74) is 0. The van der Waals surface area contributed by atoms with Crippen molar-refractivity contribution in [2.45, 2.75) is 47.5 Å². The van der Waals surface area contributed by atoms with E-state index in [0.29, 0.717) is 17.8 Å². The van der Waals surface area contributed by atoms with E-state index in [1.54, 1.807) is 7.11 Å². The average Bonchev–Trinajstić information content (AvgIpc) is 2.16. The third kappa shape index (κ3) is 3.73. The topological polar surface area (TPSA) is 9.23 Å². The van der Waals surface area contributed by atoms with Crippen molar-refractivity contribution in [3.8, 4) is 0 Å². The molecule has 0 amide bonds. The van der Waals surface area contributed by atoms with E-state index in [4.69, 9.17) is 4.74 Å². The molecule has 14 heavy (non-hydrogen) atoms. The van der Waals surface area contributed by atoms with Gasteiger partial charge >= 0.3 is 0 Å². The van der Waals surface area contributed by atoms with E-state index in [1.165, 1.54) is 12.2 Å². The van der Waals surface area contributed by atoms with Gasteiger partial charge in [0.2, 0.25) is 0 Å². The Hall–Kier alpha value is -0.460. The number of methoxy groups -OCH3 is 1. The first-order valence-corrected chi connectivity index (χ1v) is 5.82. The highest BCUT2D eigenvalue weighted by atomic mass is 16.5. The van der Waals surface area contributed by atoms with Gasteiger partial charge in [-0.05, 0) is 24.3 Å². The highest BCUT2D eigenvalue weighted by molar-refractivity contribution is 5.01. The van der Waals surface area contributed by atoms with Gasteiger partial charge in [0.25, 0.3) is 0 Å². The van der Waals surface area contributed by atoms with Crippen LogP contribution in [0.15, 0.2) is 11.8 Å². The summed E-state index contributed by atoms with van der Waals surface area (Å²) in [6, 6.07) is 0. The van der Waals surface area contributed by atoms with Crippen molar-refractivity contribution in [1.82, 2.24) is 0 Å². The predicted octanol–water partition coefficient (Wildman–Crippen LogP) is 4.25. The lowest BCUT2D eigenvalue weighted by molar-refractivity contribution is 0.171. The van der Waals surface area contributed by atoms with E-state index in [2.05, 4.69) is 40.7 Å². The van der Waals surface area contributed by atoms with Crippen LogP contribution in [-0.4, -0.2) is 7.11 Å². The van der Waals surface area contributed by atoms with Gasteiger partial charge < -0.3 is 4.74 Å². The Morgan fingerprint density at radius 3 is 2.07 bits per heavy atom. The Bertz CT molecular complexity index is 170. The smallest absolute Gasteiger partial charge is 0.0951 e. The number of hydrogen-bond acceptors (Lipinski definition) is 1. The minimum absolute atomic E-state index is 0.574. The van der Waals surface area contributed by atoms with Gasteiger partial charge in [0.05, 0.1) is 12.9 Å². The molecule has 0 aliphatic rings. The molecule has 0 aromatic rings. The SMILES string of the molecule is CC/C=C(\OC)C(C(C)C)C(C)CC. The summed E-state index contributed by atoms with van der Waals surface area (Å²) in [7, 11) is 1.79. The number of allylic oxidation sites excluding steroid dienone is 2. The molecular weight excluding hydrogens is 172 g/mol. The summed E-state index contributed by atoms with van der Waals surface area (Å²) in [6.45, 7) is 11.3. The maximum absolute atomic E-state index is 5.50. The molecule has 0 saturated carbocycles. The molecule has 2 atom stereocenters. The molecule has 0 heterocycles. The highest BCUT2D eigenvalue weighted by Crippen LogP contribution is 2.31. The van der Waals surface area contributed by atoms with Crippen molar-refractivity contribution in [3.63, 3.8) is 0 Å². The monoisotopic (exact) mass is 198 g/mol. The maximum atomic E-state index is 5.50. The molecule has 0 fully saturated rings. The number of rotatable bonds is 6. The van der Waals surface area contributed by atoms with Gasteiger partial charge in [-0.2, -0.15) is 0 Å². The fourth-order valence-electron chi connectivity index (χ4n) is 2.08. The first-order valence-electron chi connectivity index (χ1n) is 5.82. The lowest BCUT2D eigenvalue weighted by atomic mass is 9.81. The fourth-order valence-corrected chi connectivity index (χ4v) is 2.08. The molecule has 84 valence electrons. The Morgan fingerprint density at radius 1 is 1.21 bits per heavy atom. The normalized spacial score (nSPS) is 16.9. The van der Waals surface area contributed by atoms with Gasteiger partial charge in [-0.3, -0.25) is 0 Å². The van der Waals surface area contributed by atoms with Crippen LogP contribution in [0.5, 0.6) is 0 Å². The molecule has 0 spiro atoms. The summed E-state index contributed by atoms with van der Waals surface area (Å²) in [5.74, 6) is 3.11. The van der Waals surface area contributed by atoms with E-state index in [1.807, 2.05) is 0 Å². The van der Waals surface area contributed by atoms with Crippen molar-refractivity contribution in [2.75, 3.05) is 7.11 Å². The van der Waals surface area contributed by atoms with Crippen molar-refractivity contribution in [3.05, 3.63) is 11.8 Å². The second-order valence-electron chi connectivity index (χ2n) is 4.37. The van der Waals surface area contributed by atoms with E-state index in [0.717, 1.165) is 6.42 Å². The minimum Gasteiger partial charge on any atom is -0.501 e. The Balaban J connectivity index is 4.69. The van der Waals surface area contributed by atoms with Crippen molar-refractivity contribution < 1.29 is 4.74 Å². The molecule has 0 aliphatic heterocycles. The van der Waals surface area contributed by atoms with Crippen molar-refractivity contribution in [2.24, 2.45) is 17.8 Å². The first kappa shape index (κ1) is 13.5. The molecule has 1 nitrogen and oxygen atoms in total. The van der Waals surface area contributed by atoms with Gasteiger partial charge in [-0.1, -0.05) is 41.0 Å². The van der Waals surface area contributed by atoms with Crippen molar-refractivity contribution in [1.29, 1.82) is 0 Å². The molecule has 0 rings (SSSR count). The lowest BCUT2D eigenvalue weighted by Crippen LogP contribution is -2.21. The van der Waals surface area contributed by atoms with Gasteiger partial charge in [-0.15, -0.1) is 0 Å². The first-order chi connectivity index (χ1) is 6.58. The Kier molecular flexibility index (Phi) is 6.69. The van der Waals surface area contributed by atoms with Crippen LogP contribution in [0.1, 0.15) is 47.5 Å². The van der Waals surface area contributed by atoms with E-state index >= 15 is 0 Å². The van der Waals surface area contributed by atoms with Crippen LogP contribution in [0.25, 0.3) is 0 Å². The molecular formula is C13H26O. The third-order valence-electron chi connectivity index (χ3n) is 2.94. The standard InChI is InChI=1S/C13H26O/c1-7-9-12(14-6)13(10(3)4)11(5)8-2/h9-11,13H,7-8H2,1-6H3/b12-9-. The summed E-state index contributed by atoms with van der Waals surface area (Å²) in [5, 5.41) is 0. The quantitative estimate of drug-likeness (QED) is 0.580. The van der Waals surface area contributed by atoms with Crippen LogP contribution in [-0.2, 0) is 4.74 Å². The van der Waals surface area contributed by atoms with E-state index < -0.39 is 0 Å². The summed E-state index contributed by atoms with van der Waals surface area (Å²) < 4.78 is 5.50. The van der Waals surface area contributed by atoms with Crippen LogP contribution < -0.4 is 0 Å². The van der Waals surface area contributed by atoms with Crippen LogP contribution >= 0.6 is 0 Å². The number of ether oxygens (including phenoxy) is 1. The average molecular weight is 198 g/mol. The third-order valence-corrected chi connectivity index (χ3v) is 2.94. The van der Waals surface area contributed by atoms with Gasteiger partial charge in [0, 0.05) is 5.92 Å². The molecule has 0 aromatic heterocycles. The van der Waals surface area contributed by atoms with E-state index in [-0.39, 0.29) is 0 Å². The zero-order valence-electron chi connectivity index (χ0n) is 10.6. The molecule has 0 bridgehead atoms. The summed E-state index contributed by atoms with van der Waals surface area (Å²) in [4.78, 5) is 0. The van der Waals surface area contributed by atoms with Gasteiger partial charge in [0.15, 0.2) is 0 Å². The van der Waals surface area contributed by atoms with Gasteiger partial charge in [-0.25, -0.2) is 0 Å². The van der Waals surface area contributed by atoms with Crippen LogP contribution in [0, 0.1) is 17.8 Å². The largest absolute Gasteiger partial charge is 0.501 e. The Morgan fingerprint density at radius 2 is 1.79 bits per heavy atom. The van der Waals surface area contributed by atoms with Crippen LogP contribution in [0.3, 0.4) is 0 Å². The molecule has 0 saturated heterocycles.